The molecule has 0 aliphatic carbocycles. The van der Waals surface area contributed by atoms with E-state index in [1.807, 2.05) is 48.9 Å². The lowest BCUT2D eigenvalue weighted by Gasteiger charge is -2.14. The molecule has 0 bridgehead atoms. The van der Waals surface area contributed by atoms with E-state index in [4.69, 9.17) is 14.2 Å². The zero-order valence-corrected chi connectivity index (χ0v) is 16.8. The van der Waals surface area contributed by atoms with E-state index in [0.717, 1.165) is 5.75 Å². The lowest BCUT2D eigenvalue weighted by molar-refractivity contribution is -0.113. The van der Waals surface area contributed by atoms with Crippen molar-refractivity contribution in [3.05, 3.63) is 54.4 Å². The summed E-state index contributed by atoms with van der Waals surface area (Å²) < 4.78 is 18.3. The molecule has 0 fully saturated rings. The molecule has 150 valence electrons. The molecule has 1 aromatic heterocycles. The fourth-order valence-electron chi connectivity index (χ4n) is 2.86. The molecule has 1 aliphatic heterocycles. The highest BCUT2D eigenvalue weighted by atomic mass is 32.2. The van der Waals surface area contributed by atoms with E-state index in [2.05, 4.69) is 15.5 Å². The third kappa shape index (κ3) is 4.45. The van der Waals surface area contributed by atoms with Gasteiger partial charge in [-0.1, -0.05) is 30.0 Å². The van der Waals surface area contributed by atoms with Gasteiger partial charge >= 0.3 is 0 Å². The molecule has 0 saturated heterocycles. The van der Waals surface area contributed by atoms with Gasteiger partial charge in [0.1, 0.15) is 5.75 Å². The maximum absolute atomic E-state index is 12.3. The number of benzene rings is 2. The van der Waals surface area contributed by atoms with Gasteiger partial charge in [0.05, 0.1) is 5.75 Å². The summed E-state index contributed by atoms with van der Waals surface area (Å²) in [5, 5.41) is 11.9. The molecule has 0 saturated carbocycles. The summed E-state index contributed by atoms with van der Waals surface area (Å²) in [5.74, 6) is 2.81. The van der Waals surface area contributed by atoms with Crippen molar-refractivity contribution < 1.29 is 19.0 Å². The predicted octanol–water partition coefficient (Wildman–Crippen LogP) is 3.41. The minimum Gasteiger partial charge on any atom is -0.483 e. The molecule has 0 unspecified atom stereocenters. The summed E-state index contributed by atoms with van der Waals surface area (Å²) in [6.45, 7) is 2.11. The number of aromatic nitrogens is 3. The Bertz CT molecular complexity index is 1010. The molecule has 2 aromatic carbocycles. The van der Waals surface area contributed by atoms with Gasteiger partial charge in [-0.3, -0.25) is 4.79 Å². The van der Waals surface area contributed by atoms with Gasteiger partial charge in [-0.15, -0.1) is 10.2 Å². The van der Waals surface area contributed by atoms with E-state index >= 15 is 0 Å². The van der Waals surface area contributed by atoms with Gasteiger partial charge in [0.15, 0.2) is 28.6 Å². The summed E-state index contributed by atoms with van der Waals surface area (Å²) in [6, 6.07) is 14.8. The summed E-state index contributed by atoms with van der Waals surface area (Å²) in [4.78, 5) is 12.3. The van der Waals surface area contributed by atoms with Crippen LogP contribution < -0.4 is 19.5 Å². The van der Waals surface area contributed by atoms with Crippen LogP contribution in [0, 0.1) is 0 Å². The third-order valence-corrected chi connectivity index (χ3v) is 5.30. The van der Waals surface area contributed by atoms with Crippen LogP contribution in [0.5, 0.6) is 17.2 Å². The van der Waals surface area contributed by atoms with Crippen LogP contribution in [0.2, 0.25) is 0 Å². The third-order valence-electron chi connectivity index (χ3n) is 4.28. The van der Waals surface area contributed by atoms with Gasteiger partial charge in [0.25, 0.3) is 0 Å². The lowest BCUT2D eigenvalue weighted by Crippen LogP contribution is -2.14. The second-order valence-electron chi connectivity index (χ2n) is 6.38. The molecule has 0 spiro atoms. The van der Waals surface area contributed by atoms with Crippen molar-refractivity contribution in [2.24, 2.45) is 7.05 Å². The Hall–Kier alpha value is -3.20. The molecule has 9 heteroatoms. The van der Waals surface area contributed by atoms with Gasteiger partial charge in [-0.05, 0) is 31.2 Å². The van der Waals surface area contributed by atoms with Crippen LogP contribution >= 0.6 is 11.8 Å². The molecule has 1 aliphatic rings. The maximum atomic E-state index is 12.3. The Kier molecular flexibility index (Phi) is 5.57. The molecule has 8 nitrogen and oxygen atoms in total. The van der Waals surface area contributed by atoms with Crippen LogP contribution in [-0.4, -0.2) is 33.2 Å². The van der Waals surface area contributed by atoms with Gasteiger partial charge in [-0.25, -0.2) is 0 Å². The standard InChI is InChI=1S/C20H20N4O4S/c1-13(28-15-6-4-3-5-7-15)19-22-23-20(24(19)2)29-11-18(25)21-14-8-9-16-17(10-14)27-12-26-16/h3-10,13H,11-12H2,1-2H3,(H,21,25)/t13-/m1/s1. The van der Waals surface area contributed by atoms with Crippen molar-refractivity contribution in [1.29, 1.82) is 0 Å². The number of carbonyl (C=O) groups is 1. The Balaban J connectivity index is 1.33. The van der Waals surface area contributed by atoms with E-state index < -0.39 is 0 Å². The molecule has 4 rings (SSSR count). The van der Waals surface area contributed by atoms with Gasteiger partial charge in [-0.2, -0.15) is 0 Å². The van der Waals surface area contributed by atoms with Crippen molar-refractivity contribution in [3.63, 3.8) is 0 Å². The molecular formula is C20H20N4O4S. The summed E-state index contributed by atoms with van der Waals surface area (Å²) in [6.07, 6.45) is -0.272. The second kappa shape index (κ2) is 8.44. The average Bonchev–Trinajstić information content (AvgIpc) is 3.33. The van der Waals surface area contributed by atoms with Crippen LogP contribution in [0.3, 0.4) is 0 Å². The largest absolute Gasteiger partial charge is 0.483 e. The molecule has 1 atom stereocenters. The lowest BCUT2D eigenvalue weighted by atomic mass is 10.3. The maximum Gasteiger partial charge on any atom is 0.234 e. The fourth-order valence-corrected chi connectivity index (χ4v) is 3.58. The van der Waals surface area contributed by atoms with Gasteiger partial charge in [0.2, 0.25) is 12.7 Å². The van der Waals surface area contributed by atoms with Crippen LogP contribution in [0.1, 0.15) is 18.9 Å². The summed E-state index contributed by atoms with van der Waals surface area (Å²) >= 11 is 1.31. The number of amides is 1. The van der Waals surface area contributed by atoms with Crippen LogP contribution in [0.25, 0.3) is 0 Å². The zero-order valence-electron chi connectivity index (χ0n) is 16.0. The van der Waals surface area contributed by atoms with E-state index in [1.54, 1.807) is 18.2 Å². The van der Waals surface area contributed by atoms with Crippen molar-refractivity contribution in [2.45, 2.75) is 18.2 Å². The van der Waals surface area contributed by atoms with E-state index in [1.165, 1.54) is 11.8 Å². The Morgan fingerprint density at radius 1 is 1.21 bits per heavy atom. The van der Waals surface area contributed by atoms with E-state index in [0.29, 0.717) is 28.2 Å². The molecular weight excluding hydrogens is 392 g/mol. The highest BCUT2D eigenvalue weighted by Gasteiger charge is 2.18. The smallest absolute Gasteiger partial charge is 0.234 e. The Labute approximate surface area is 172 Å². The molecule has 1 N–H and O–H groups in total. The minimum absolute atomic E-state index is 0.146. The fraction of sp³-hybridized carbons (Fsp3) is 0.250. The SMILES string of the molecule is C[C@@H](Oc1ccccc1)c1nnc(SCC(=O)Nc2ccc3c(c2)OCO3)n1C. The number of nitrogens with one attached hydrogen (secondary N) is 1. The number of para-hydroxylation sites is 1. The molecule has 1 amide bonds. The number of nitrogens with zero attached hydrogens (tertiary/aromatic N) is 3. The number of ether oxygens (including phenoxy) is 3. The number of carbonyl (C=O) groups excluding carboxylic acids is 1. The van der Waals surface area contributed by atoms with E-state index in [9.17, 15) is 4.79 Å². The first-order valence-corrected chi connectivity index (χ1v) is 10.0. The minimum atomic E-state index is -0.272. The molecule has 29 heavy (non-hydrogen) atoms. The quantitative estimate of drug-likeness (QED) is 0.595. The topological polar surface area (TPSA) is 87.5 Å². The first-order chi connectivity index (χ1) is 14.1. The van der Waals surface area contributed by atoms with Crippen LogP contribution in [-0.2, 0) is 11.8 Å². The number of rotatable bonds is 7. The molecule has 0 radical (unpaired) electrons. The molecule has 2 heterocycles. The first kappa shape index (κ1) is 19.1. The van der Waals surface area contributed by atoms with Crippen molar-refractivity contribution in [3.8, 4) is 17.2 Å². The highest BCUT2D eigenvalue weighted by Crippen LogP contribution is 2.34. The number of fused-ring (bicyclic) bond motifs is 1. The van der Waals surface area contributed by atoms with Crippen molar-refractivity contribution in [1.82, 2.24) is 14.8 Å². The first-order valence-electron chi connectivity index (χ1n) is 9.03. The normalized spacial score (nSPS) is 13.2. The number of hydrogen-bond donors (Lipinski definition) is 1. The monoisotopic (exact) mass is 412 g/mol. The summed E-state index contributed by atoms with van der Waals surface area (Å²) in [5.41, 5.74) is 0.656. The second-order valence-corrected chi connectivity index (χ2v) is 7.32. The van der Waals surface area contributed by atoms with Crippen molar-refractivity contribution in [2.75, 3.05) is 17.9 Å². The average molecular weight is 412 g/mol. The van der Waals surface area contributed by atoms with Gasteiger partial charge in [0, 0.05) is 18.8 Å². The van der Waals surface area contributed by atoms with Gasteiger partial charge < -0.3 is 24.1 Å². The highest BCUT2D eigenvalue weighted by molar-refractivity contribution is 7.99. The number of hydrogen-bond acceptors (Lipinski definition) is 7. The Morgan fingerprint density at radius 2 is 2.00 bits per heavy atom. The van der Waals surface area contributed by atoms with E-state index in [-0.39, 0.29) is 24.6 Å². The zero-order chi connectivity index (χ0) is 20.2. The summed E-state index contributed by atoms with van der Waals surface area (Å²) in [7, 11) is 1.86. The molecule has 3 aromatic rings. The predicted molar refractivity (Wildman–Crippen MR) is 108 cm³/mol. The number of thioether (sulfide) groups is 1. The van der Waals surface area contributed by atoms with Crippen LogP contribution in [0.15, 0.2) is 53.7 Å². The van der Waals surface area contributed by atoms with Crippen LogP contribution in [0.4, 0.5) is 5.69 Å². The number of anilines is 1. The van der Waals surface area contributed by atoms with Crippen molar-refractivity contribution >= 4 is 23.4 Å². The Morgan fingerprint density at radius 3 is 2.83 bits per heavy atom.